The van der Waals surface area contributed by atoms with Crippen molar-refractivity contribution in [1.82, 2.24) is 0 Å². The summed E-state index contributed by atoms with van der Waals surface area (Å²) >= 11 is 0. The zero-order valence-corrected chi connectivity index (χ0v) is 10.4. The Morgan fingerprint density at radius 2 is 1.53 bits per heavy atom. The minimum absolute atomic E-state index is 0. The molecule has 1 aliphatic carbocycles. The molecule has 1 aliphatic heterocycles. The molecular formula is C15H31NO. The number of aliphatic imine (C=N–C) groups is 1. The molecule has 2 rings (SSSR count). The van der Waals surface area contributed by atoms with Gasteiger partial charge in [-0.2, -0.15) is 0 Å². The first-order valence-corrected chi connectivity index (χ1v) is 6.05. The molecule has 1 heterocycles. The molecule has 2 heteroatoms. The fourth-order valence-electron chi connectivity index (χ4n) is 2.34. The third-order valence-corrected chi connectivity index (χ3v) is 3.27. The number of carbonyl (C=O) groups is 1. The van der Waals surface area contributed by atoms with Gasteiger partial charge in [-0.3, -0.25) is 9.79 Å². The molecule has 1 saturated carbocycles. The van der Waals surface area contributed by atoms with Gasteiger partial charge in [0.05, 0.1) is 0 Å². The SMILES string of the molecule is C.C.CC1=NC(C)C(=O)C1.CC1CC[C@H](C)C1. The van der Waals surface area contributed by atoms with Crippen LogP contribution in [0.5, 0.6) is 0 Å². The number of hydrogen-bond acceptors (Lipinski definition) is 2. The number of ketones is 1. The lowest BCUT2D eigenvalue weighted by molar-refractivity contribution is -0.118. The van der Waals surface area contributed by atoms with Crippen molar-refractivity contribution in [1.29, 1.82) is 0 Å². The van der Waals surface area contributed by atoms with Crippen LogP contribution in [0.1, 0.15) is 68.2 Å². The van der Waals surface area contributed by atoms with Gasteiger partial charge in [0.1, 0.15) is 6.04 Å². The third-order valence-electron chi connectivity index (χ3n) is 3.27. The van der Waals surface area contributed by atoms with Crippen molar-refractivity contribution >= 4 is 11.5 Å². The highest BCUT2D eigenvalue weighted by Gasteiger charge is 2.18. The normalized spacial score (nSPS) is 30.7. The Labute approximate surface area is 108 Å². The van der Waals surface area contributed by atoms with Gasteiger partial charge in [-0.25, -0.2) is 0 Å². The smallest absolute Gasteiger partial charge is 0.162 e. The highest BCUT2D eigenvalue weighted by molar-refractivity contribution is 6.08. The molecule has 3 atom stereocenters. The summed E-state index contributed by atoms with van der Waals surface area (Å²) in [5.41, 5.74) is 0.975. The summed E-state index contributed by atoms with van der Waals surface area (Å²) in [6.07, 6.45) is 4.99. The topological polar surface area (TPSA) is 29.4 Å². The molecule has 2 nitrogen and oxygen atoms in total. The van der Waals surface area contributed by atoms with Crippen LogP contribution in [-0.4, -0.2) is 17.5 Å². The summed E-state index contributed by atoms with van der Waals surface area (Å²) in [5.74, 6) is 2.30. The quantitative estimate of drug-likeness (QED) is 0.613. The van der Waals surface area contributed by atoms with Crippen molar-refractivity contribution in [2.24, 2.45) is 16.8 Å². The molecule has 102 valence electrons. The molecule has 1 fully saturated rings. The van der Waals surface area contributed by atoms with E-state index in [0.29, 0.717) is 6.42 Å². The van der Waals surface area contributed by atoms with Crippen LogP contribution in [0.3, 0.4) is 0 Å². The van der Waals surface area contributed by atoms with Gasteiger partial charge in [0.25, 0.3) is 0 Å². The molecular weight excluding hydrogens is 210 g/mol. The van der Waals surface area contributed by atoms with Gasteiger partial charge in [-0.05, 0) is 32.1 Å². The lowest BCUT2D eigenvalue weighted by atomic mass is 10.1. The highest BCUT2D eigenvalue weighted by Crippen LogP contribution is 2.29. The van der Waals surface area contributed by atoms with E-state index in [1.807, 2.05) is 13.8 Å². The molecule has 0 saturated heterocycles. The maximum Gasteiger partial charge on any atom is 0.162 e. The van der Waals surface area contributed by atoms with E-state index in [1.165, 1.54) is 19.3 Å². The lowest BCUT2D eigenvalue weighted by Crippen LogP contribution is -2.06. The van der Waals surface area contributed by atoms with Gasteiger partial charge in [0.15, 0.2) is 5.78 Å². The summed E-state index contributed by atoms with van der Waals surface area (Å²) in [6, 6.07) is -0.0602. The Hall–Kier alpha value is -0.660. The zero-order chi connectivity index (χ0) is 11.4. The minimum Gasteiger partial charge on any atom is -0.297 e. The van der Waals surface area contributed by atoms with Crippen LogP contribution in [0.25, 0.3) is 0 Å². The largest absolute Gasteiger partial charge is 0.297 e. The first-order chi connectivity index (χ1) is 6.99. The predicted octanol–water partition coefficient (Wildman–Crippen LogP) is 4.52. The van der Waals surface area contributed by atoms with Crippen LogP contribution in [-0.2, 0) is 4.79 Å². The molecule has 0 amide bonds. The molecule has 0 spiro atoms. The fourth-order valence-corrected chi connectivity index (χ4v) is 2.34. The molecule has 0 aromatic heterocycles. The lowest BCUT2D eigenvalue weighted by Gasteiger charge is -1.96. The molecule has 2 unspecified atom stereocenters. The van der Waals surface area contributed by atoms with E-state index in [4.69, 9.17) is 0 Å². The minimum atomic E-state index is -0.0602. The average molecular weight is 241 g/mol. The number of carbonyl (C=O) groups excluding carboxylic acids is 1. The van der Waals surface area contributed by atoms with Crippen molar-refractivity contribution in [3.8, 4) is 0 Å². The summed E-state index contributed by atoms with van der Waals surface area (Å²) in [5, 5.41) is 0. The summed E-state index contributed by atoms with van der Waals surface area (Å²) in [6.45, 7) is 8.42. The Morgan fingerprint density at radius 1 is 1.06 bits per heavy atom. The third kappa shape index (κ3) is 6.60. The first-order valence-electron chi connectivity index (χ1n) is 6.05. The van der Waals surface area contributed by atoms with Crippen LogP contribution in [0, 0.1) is 11.8 Å². The Balaban J connectivity index is 0. The average Bonchev–Trinajstić information content (AvgIpc) is 2.61. The summed E-state index contributed by atoms with van der Waals surface area (Å²) in [4.78, 5) is 14.7. The van der Waals surface area contributed by atoms with Crippen LogP contribution >= 0.6 is 0 Å². The van der Waals surface area contributed by atoms with Crippen LogP contribution in [0.15, 0.2) is 4.99 Å². The Kier molecular flexibility index (Phi) is 9.28. The van der Waals surface area contributed by atoms with Gasteiger partial charge in [0, 0.05) is 12.1 Å². The second-order valence-corrected chi connectivity index (χ2v) is 5.21. The zero-order valence-electron chi connectivity index (χ0n) is 10.4. The summed E-state index contributed by atoms with van der Waals surface area (Å²) < 4.78 is 0. The van der Waals surface area contributed by atoms with Crippen LogP contribution < -0.4 is 0 Å². The van der Waals surface area contributed by atoms with E-state index in [-0.39, 0.29) is 26.7 Å². The second-order valence-electron chi connectivity index (χ2n) is 5.21. The molecule has 0 aromatic carbocycles. The van der Waals surface area contributed by atoms with E-state index in [2.05, 4.69) is 18.8 Å². The predicted molar refractivity (Wildman–Crippen MR) is 77.8 cm³/mol. The van der Waals surface area contributed by atoms with Gasteiger partial charge >= 0.3 is 0 Å². The molecule has 0 N–H and O–H groups in total. The van der Waals surface area contributed by atoms with Crippen LogP contribution in [0.2, 0.25) is 0 Å². The van der Waals surface area contributed by atoms with Crippen molar-refractivity contribution < 1.29 is 4.79 Å². The van der Waals surface area contributed by atoms with Gasteiger partial charge in [-0.1, -0.05) is 41.5 Å². The molecule has 17 heavy (non-hydrogen) atoms. The van der Waals surface area contributed by atoms with E-state index in [9.17, 15) is 4.79 Å². The molecule has 2 aliphatic rings. The fraction of sp³-hybridized carbons (Fsp3) is 0.867. The summed E-state index contributed by atoms with van der Waals surface area (Å²) in [7, 11) is 0. The van der Waals surface area contributed by atoms with Gasteiger partial charge in [0.2, 0.25) is 0 Å². The van der Waals surface area contributed by atoms with E-state index >= 15 is 0 Å². The number of hydrogen-bond donors (Lipinski definition) is 0. The van der Waals surface area contributed by atoms with E-state index in [1.54, 1.807) is 0 Å². The molecule has 0 aromatic rings. The van der Waals surface area contributed by atoms with E-state index in [0.717, 1.165) is 17.5 Å². The number of nitrogens with zero attached hydrogens (tertiary/aromatic N) is 1. The standard InChI is InChI=1S/C7H14.C6H9NO.2CH4/c1-6-3-4-7(2)5-6;1-4-3-6(8)5(2)7-4;;/h6-7H,3-5H2,1-2H3;5H,3H2,1-2H3;2*1H4/t6-,7?;;;/m0.../s1. The highest BCUT2D eigenvalue weighted by atomic mass is 16.1. The molecule has 0 bridgehead atoms. The van der Waals surface area contributed by atoms with Gasteiger partial charge in [-0.15, -0.1) is 0 Å². The van der Waals surface area contributed by atoms with Gasteiger partial charge < -0.3 is 0 Å². The Bertz CT molecular complexity index is 250. The van der Waals surface area contributed by atoms with Crippen molar-refractivity contribution in [2.45, 2.75) is 74.3 Å². The number of rotatable bonds is 0. The Morgan fingerprint density at radius 3 is 1.65 bits per heavy atom. The van der Waals surface area contributed by atoms with Crippen LogP contribution in [0.4, 0.5) is 0 Å². The monoisotopic (exact) mass is 241 g/mol. The van der Waals surface area contributed by atoms with E-state index < -0.39 is 0 Å². The maximum atomic E-state index is 10.7. The number of Topliss-reactive ketones (excluding diaryl/α,β-unsaturated/α-hetero) is 1. The second kappa shape index (κ2) is 8.43. The first kappa shape index (κ1) is 18.7. The molecule has 0 radical (unpaired) electrons. The van der Waals surface area contributed by atoms with Crippen molar-refractivity contribution in [3.05, 3.63) is 0 Å². The van der Waals surface area contributed by atoms with Crippen molar-refractivity contribution in [3.63, 3.8) is 0 Å². The maximum absolute atomic E-state index is 10.7. The van der Waals surface area contributed by atoms with Crippen molar-refractivity contribution in [2.75, 3.05) is 0 Å².